The number of furan rings is 1. The molecule has 476 valence electrons. The standard InChI is InChI=1S/C46H27N5S.C45H28N4O/c47-28-29-21-23-40-38(25-29)39-27-32(35-18-10-19-37-36-17-7-8-20-42(36)52-43(35)37)22-24-41(39)51(40)34-16-9-15-33(26-34)46-49-44(30-11-3-1-4-12-30)48-45(50-46)31-13-5-2-6-14-31;1-3-13-29(14-4-1)43-46-44(30-15-5-2-6-16-30)48-45(47-43)32-17-11-18-33(27-32)49-39-23-9-7-19-35(39)38-28-31(25-26-40(38)49)34-21-12-22-37-36-20-8-10-24-41(36)50-42(34)37/h1-27H;1-28H. The van der Waals surface area contributed by atoms with Crippen LogP contribution in [-0.2, 0) is 0 Å². The summed E-state index contributed by atoms with van der Waals surface area (Å²) in [4.78, 5) is 29.7. The maximum absolute atomic E-state index is 9.91. The van der Waals surface area contributed by atoms with Crippen LogP contribution < -0.4 is 0 Å². The molecule has 0 spiro atoms. The van der Waals surface area contributed by atoms with Crippen molar-refractivity contribution < 1.29 is 4.42 Å². The fourth-order valence-electron chi connectivity index (χ4n) is 14.3. The van der Waals surface area contributed by atoms with E-state index < -0.39 is 0 Å². The highest BCUT2D eigenvalue weighted by Crippen LogP contribution is 2.44. The Hall–Kier alpha value is -13.8. The second-order valence-corrected chi connectivity index (χ2v) is 26.3. The molecule has 0 saturated carbocycles. The van der Waals surface area contributed by atoms with Crippen LogP contribution in [0.4, 0.5) is 0 Å². The number of benzene rings is 14. The molecule has 0 saturated heterocycles. The molecule has 0 aliphatic carbocycles. The predicted molar refractivity (Wildman–Crippen MR) is 417 cm³/mol. The molecular formula is C91H55N9OS. The van der Waals surface area contributed by atoms with E-state index in [1.54, 1.807) is 0 Å². The van der Waals surface area contributed by atoms with Crippen LogP contribution >= 0.6 is 11.3 Å². The molecule has 0 fully saturated rings. The van der Waals surface area contributed by atoms with Crippen LogP contribution in [0.2, 0.25) is 0 Å². The summed E-state index contributed by atoms with van der Waals surface area (Å²) in [5.74, 6) is 3.75. The van der Waals surface area contributed by atoms with Gasteiger partial charge in [-0.25, -0.2) is 29.9 Å². The lowest BCUT2D eigenvalue weighted by molar-refractivity contribution is 0.670. The van der Waals surface area contributed by atoms with Crippen molar-refractivity contribution in [2.45, 2.75) is 0 Å². The lowest BCUT2D eigenvalue weighted by atomic mass is 10.0. The average Bonchev–Trinajstić information content (AvgIpc) is 1.59. The Bertz CT molecular complexity index is 6600. The normalized spacial score (nSPS) is 11.5. The summed E-state index contributed by atoms with van der Waals surface area (Å²) in [7, 11) is 0. The van der Waals surface area contributed by atoms with Gasteiger partial charge in [0.05, 0.1) is 33.7 Å². The number of hydrogen-bond acceptors (Lipinski definition) is 9. The summed E-state index contributed by atoms with van der Waals surface area (Å²) in [6, 6.07) is 117. The van der Waals surface area contributed by atoms with E-state index in [9.17, 15) is 5.26 Å². The Kier molecular flexibility index (Phi) is 14.5. The fraction of sp³-hybridized carbons (Fsp3) is 0. The highest BCUT2D eigenvalue weighted by Gasteiger charge is 2.22. The minimum Gasteiger partial charge on any atom is -0.455 e. The first-order chi connectivity index (χ1) is 50.5. The first-order valence-electron chi connectivity index (χ1n) is 33.8. The van der Waals surface area contributed by atoms with E-state index in [-0.39, 0.29) is 0 Å². The lowest BCUT2D eigenvalue weighted by Crippen LogP contribution is -2.01. The van der Waals surface area contributed by atoms with Gasteiger partial charge in [-0.3, -0.25) is 0 Å². The molecule has 0 aliphatic rings. The molecule has 6 heterocycles. The molecule has 14 aromatic carbocycles. The number of hydrogen-bond donors (Lipinski definition) is 0. The minimum absolute atomic E-state index is 0.598. The van der Waals surface area contributed by atoms with Crippen LogP contribution in [-0.4, -0.2) is 39.0 Å². The first kappa shape index (κ1) is 59.5. The van der Waals surface area contributed by atoms with Gasteiger partial charge in [0.25, 0.3) is 0 Å². The van der Waals surface area contributed by atoms with Gasteiger partial charge in [0.1, 0.15) is 11.2 Å². The van der Waals surface area contributed by atoms with Gasteiger partial charge in [0, 0.05) is 103 Å². The molecule has 11 heteroatoms. The third-order valence-electron chi connectivity index (χ3n) is 19.1. The molecule has 20 aromatic rings. The van der Waals surface area contributed by atoms with Crippen molar-refractivity contribution in [3.05, 3.63) is 339 Å². The highest BCUT2D eigenvalue weighted by atomic mass is 32.1. The Morgan fingerprint density at radius 3 is 1.22 bits per heavy atom. The number of fused-ring (bicyclic) bond motifs is 12. The van der Waals surface area contributed by atoms with Gasteiger partial charge in [0.2, 0.25) is 0 Å². The molecule has 6 aromatic heterocycles. The van der Waals surface area contributed by atoms with Gasteiger partial charge in [-0.1, -0.05) is 249 Å². The van der Waals surface area contributed by atoms with E-state index in [1.807, 2.05) is 163 Å². The van der Waals surface area contributed by atoms with Crippen molar-refractivity contribution in [3.63, 3.8) is 0 Å². The van der Waals surface area contributed by atoms with E-state index >= 15 is 0 Å². The lowest BCUT2D eigenvalue weighted by Gasteiger charge is -2.12. The molecule has 0 aliphatic heterocycles. The molecule has 0 amide bonds. The third-order valence-corrected chi connectivity index (χ3v) is 20.3. The molecular weight excluding hydrogens is 1270 g/mol. The second kappa shape index (κ2) is 24.9. The number of aromatic nitrogens is 8. The van der Waals surface area contributed by atoms with Crippen LogP contribution in [0, 0.1) is 11.3 Å². The summed E-state index contributed by atoms with van der Waals surface area (Å²) in [6.07, 6.45) is 0. The summed E-state index contributed by atoms with van der Waals surface area (Å²) >= 11 is 1.83. The van der Waals surface area contributed by atoms with Gasteiger partial charge >= 0.3 is 0 Å². The zero-order chi connectivity index (χ0) is 67.6. The van der Waals surface area contributed by atoms with Crippen LogP contribution in [0.25, 0.3) is 188 Å². The molecule has 0 unspecified atom stereocenters. The molecule has 0 radical (unpaired) electrons. The van der Waals surface area contributed by atoms with Crippen LogP contribution in [0.15, 0.2) is 338 Å². The van der Waals surface area contributed by atoms with Gasteiger partial charge < -0.3 is 13.6 Å². The topological polar surface area (TPSA) is 124 Å². The van der Waals surface area contributed by atoms with Crippen molar-refractivity contribution >= 4 is 97.1 Å². The van der Waals surface area contributed by atoms with E-state index in [0.717, 1.165) is 116 Å². The molecule has 0 atom stereocenters. The summed E-state index contributed by atoms with van der Waals surface area (Å²) < 4.78 is 13.6. The Morgan fingerprint density at radius 2 is 0.667 bits per heavy atom. The van der Waals surface area contributed by atoms with Gasteiger partial charge in [-0.05, 0) is 102 Å². The van der Waals surface area contributed by atoms with E-state index in [1.165, 1.54) is 36.5 Å². The van der Waals surface area contributed by atoms with Gasteiger partial charge in [-0.2, -0.15) is 5.26 Å². The van der Waals surface area contributed by atoms with Crippen molar-refractivity contribution in [1.29, 1.82) is 5.26 Å². The zero-order valence-corrected chi connectivity index (χ0v) is 55.4. The van der Waals surface area contributed by atoms with E-state index in [4.69, 9.17) is 34.3 Å². The second-order valence-electron chi connectivity index (χ2n) is 25.2. The number of nitrogens with zero attached hydrogens (tertiary/aromatic N) is 9. The average molecular weight is 1320 g/mol. The van der Waals surface area contributed by atoms with E-state index in [0.29, 0.717) is 40.5 Å². The minimum atomic E-state index is 0.598. The quantitative estimate of drug-likeness (QED) is 0.133. The number of rotatable bonds is 10. The molecule has 20 rings (SSSR count). The number of para-hydroxylation sites is 3. The largest absolute Gasteiger partial charge is 0.455 e. The third kappa shape index (κ3) is 10.5. The summed E-state index contributed by atoms with van der Waals surface area (Å²) in [5, 5.41) is 19.2. The van der Waals surface area contributed by atoms with Gasteiger partial charge in [-0.15, -0.1) is 11.3 Å². The van der Waals surface area contributed by atoms with E-state index in [2.05, 4.69) is 197 Å². The molecule has 10 nitrogen and oxygen atoms in total. The predicted octanol–water partition coefficient (Wildman–Crippen LogP) is 23.4. The van der Waals surface area contributed by atoms with Gasteiger partial charge in [0.15, 0.2) is 34.9 Å². The van der Waals surface area contributed by atoms with Crippen LogP contribution in [0.1, 0.15) is 5.56 Å². The fourth-order valence-corrected chi connectivity index (χ4v) is 15.6. The number of thiophene rings is 1. The molecule has 0 bridgehead atoms. The zero-order valence-electron chi connectivity index (χ0n) is 54.6. The maximum Gasteiger partial charge on any atom is 0.164 e. The summed E-state index contributed by atoms with van der Waals surface area (Å²) in [6.45, 7) is 0. The maximum atomic E-state index is 9.91. The SMILES string of the molecule is N#Cc1ccc2c(c1)c1cc(-c3cccc4c3sc3ccccc34)ccc1n2-c1cccc(-c2nc(-c3ccccc3)nc(-c3ccccc3)n2)c1.c1ccc(-c2nc(-c3ccccc3)nc(-c3cccc(-n4c5ccccc5c5cc(-c6cccc7c6oc6ccccc67)ccc54)c3)n2)cc1. The first-order valence-corrected chi connectivity index (χ1v) is 34.6. The number of nitriles is 1. The molecule has 0 N–H and O–H groups in total. The van der Waals surface area contributed by atoms with Crippen LogP contribution in [0.3, 0.4) is 0 Å². The van der Waals surface area contributed by atoms with Crippen molar-refractivity contribution in [2.24, 2.45) is 0 Å². The van der Waals surface area contributed by atoms with Crippen molar-refractivity contribution in [3.8, 4) is 108 Å². The Labute approximate surface area is 589 Å². The van der Waals surface area contributed by atoms with Crippen LogP contribution in [0.5, 0.6) is 0 Å². The Morgan fingerprint density at radius 1 is 0.275 bits per heavy atom. The molecule has 102 heavy (non-hydrogen) atoms. The summed E-state index contributed by atoms with van der Waals surface area (Å²) in [5.41, 5.74) is 18.9. The Balaban J connectivity index is 0.000000141. The smallest absolute Gasteiger partial charge is 0.164 e. The monoisotopic (exact) mass is 1320 g/mol. The van der Waals surface area contributed by atoms with Crippen molar-refractivity contribution in [2.75, 3.05) is 0 Å². The highest BCUT2D eigenvalue weighted by molar-refractivity contribution is 7.26. The van der Waals surface area contributed by atoms with Crippen molar-refractivity contribution in [1.82, 2.24) is 39.0 Å².